The van der Waals surface area contributed by atoms with Gasteiger partial charge in [-0.1, -0.05) is 12.8 Å². The fourth-order valence-electron chi connectivity index (χ4n) is 5.96. The Morgan fingerprint density at radius 2 is 1.78 bits per heavy atom. The van der Waals surface area contributed by atoms with Crippen molar-refractivity contribution in [3.05, 3.63) is 0 Å². The van der Waals surface area contributed by atoms with Gasteiger partial charge < -0.3 is 4.90 Å². The Bertz CT molecular complexity index is 399. The standard InChI is InChI=1S/C15H22N2O/c18-14-15(5-1-2-6-15)16-8-17(14)13-11-9-3-4-10(7-9)12(11)13/h9-13,16H,1-8H2. The van der Waals surface area contributed by atoms with Crippen LogP contribution in [-0.4, -0.2) is 29.1 Å². The van der Waals surface area contributed by atoms with E-state index in [1.807, 2.05) is 0 Å². The van der Waals surface area contributed by atoms with E-state index in [-0.39, 0.29) is 5.54 Å². The molecule has 98 valence electrons. The Hall–Kier alpha value is -0.570. The average Bonchev–Trinajstić information content (AvgIpc) is 2.88. The summed E-state index contributed by atoms with van der Waals surface area (Å²) in [5.41, 5.74) is -0.129. The van der Waals surface area contributed by atoms with E-state index in [1.54, 1.807) is 0 Å². The zero-order valence-corrected chi connectivity index (χ0v) is 10.9. The van der Waals surface area contributed by atoms with E-state index >= 15 is 0 Å². The molecule has 5 rings (SSSR count). The molecule has 4 saturated carbocycles. The van der Waals surface area contributed by atoms with E-state index in [0.717, 1.165) is 43.2 Å². The van der Waals surface area contributed by atoms with Crippen LogP contribution in [0.1, 0.15) is 44.9 Å². The highest BCUT2D eigenvalue weighted by molar-refractivity contribution is 5.89. The monoisotopic (exact) mass is 246 g/mol. The van der Waals surface area contributed by atoms with E-state index < -0.39 is 0 Å². The number of nitrogens with one attached hydrogen (secondary N) is 1. The summed E-state index contributed by atoms with van der Waals surface area (Å²) in [6, 6.07) is 0.635. The largest absolute Gasteiger partial charge is 0.325 e. The van der Waals surface area contributed by atoms with E-state index in [1.165, 1.54) is 32.1 Å². The first-order valence-corrected chi connectivity index (χ1v) is 7.86. The van der Waals surface area contributed by atoms with Crippen molar-refractivity contribution in [2.45, 2.75) is 56.5 Å². The molecule has 0 aromatic heterocycles. The highest BCUT2D eigenvalue weighted by atomic mass is 16.2. The van der Waals surface area contributed by atoms with Crippen LogP contribution in [0.2, 0.25) is 0 Å². The molecule has 3 nitrogen and oxygen atoms in total. The zero-order chi connectivity index (χ0) is 11.9. The van der Waals surface area contributed by atoms with Gasteiger partial charge in [0.05, 0.1) is 12.2 Å². The molecule has 0 aromatic rings. The van der Waals surface area contributed by atoms with E-state index in [9.17, 15) is 4.79 Å². The summed E-state index contributed by atoms with van der Waals surface area (Å²) < 4.78 is 0. The van der Waals surface area contributed by atoms with Gasteiger partial charge in [0.2, 0.25) is 5.91 Å². The van der Waals surface area contributed by atoms with Gasteiger partial charge in [-0.3, -0.25) is 10.1 Å². The highest BCUT2D eigenvalue weighted by Gasteiger charge is 2.69. The lowest BCUT2D eigenvalue weighted by molar-refractivity contribution is -0.133. The van der Waals surface area contributed by atoms with Crippen LogP contribution in [0.5, 0.6) is 0 Å². The molecule has 4 aliphatic carbocycles. The van der Waals surface area contributed by atoms with Gasteiger partial charge in [-0.05, 0) is 55.8 Å². The predicted octanol–water partition coefficient (Wildman–Crippen LogP) is 1.73. The molecule has 5 aliphatic rings. The van der Waals surface area contributed by atoms with Crippen LogP contribution >= 0.6 is 0 Å². The van der Waals surface area contributed by atoms with Crippen molar-refractivity contribution in [2.24, 2.45) is 23.7 Å². The zero-order valence-electron chi connectivity index (χ0n) is 10.9. The smallest absolute Gasteiger partial charge is 0.244 e. The molecule has 0 aromatic carbocycles. The molecule has 1 aliphatic heterocycles. The maximum Gasteiger partial charge on any atom is 0.244 e. The predicted molar refractivity (Wildman–Crippen MR) is 67.6 cm³/mol. The van der Waals surface area contributed by atoms with Crippen LogP contribution in [0.25, 0.3) is 0 Å². The molecule has 4 atom stereocenters. The number of carbonyl (C=O) groups is 1. The second kappa shape index (κ2) is 3.12. The van der Waals surface area contributed by atoms with Gasteiger partial charge in [0.1, 0.15) is 0 Å². The van der Waals surface area contributed by atoms with Gasteiger partial charge in [0.25, 0.3) is 0 Å². The second-order valence-corrected chi connectivity index (χ2v) is 7.38. The number of hydrogen-bond acceptors (Lipinski definition) is 2. The van der Waals surface area contributed by atoms with Crippen LogP contribution in [0.3, 0.4) is 0 Å². The Morgan fingerprint density at radius 3 is 2.44 bits per heavy atom. The minimum Gasteiger partial charge on any atom is -0.325 e. The maximum atomic E-state index is 12.7. The van der Waals surface area contributed by atoms with Crippen molar-refractivity contribution in [2.75, 3.05) is 6.67 Å². The van der Waals surface area contributed by atoms with Gasteiger partial charge in [0, 0.05) is 6.04 Å². The van der Waals surface area contributed by atoms with Crippen LogP contribution in [0.15, 0.2) is 0 Å². The molecular weight excluding hydrogens is 224 g/mol. The number of rotatable bonds is 1. The third-order valence-corrected chi connectivity index (χ3v) is 6.77. The fourth-order valence-corrected chi connectivity index (χ4v) is 5.96. The van der Waals surface area contributed by atoms with Crippen LogP contribution in [0, 0.1) is 23.7 Å². The molecule has 5 fully saturated rings. The first-order valence-electron chi connectivity index (χ1n) is 7.86. The molecule has 1 amide bonds. The van der Waals surface area contributed by atoms with Crippen molar-refractivity contribution in [3.63, 3.8) is 0 Å². The summed E-state index contributed by atoms with van der Waals surface area (Å²) in [6.07, 6.45) is 9.00. The Balaban J connectivity index is 1.39. The van der Waals surface area contributed by atoms with Crippen LogP contribution in [0.4, 0.5) is 0 Å². The average molecular weight is 246 g/mol. The normalized spacial score (nSPS) is 51.4. The third kappa shape index (κ3) is 1.05. The first-order chi connectivity index (χ1) is 8.80. The minimum atomic E-state index is -0.129. The lowest BCUT2D eigenvalue weighted by Crippen LogP contribution is -2.44. The summed E-state index contributed by atoms with van der Waals surface area (Å²) in [5, 5.41) is 3.57. The van der Waals surface area contributed by atoms with E-state index in [2.05, 4.69) is 10.2 Å². The molecule has 1 spiro atoms. The number of fused-ring (bicyclic) bond motifs is 5. The molecule has 3 heteroatoms. The summed E-state index contributed by atoms with van der Waals surface area (Å²) in [7, 11) is 0. The third-order valence-electron chi connectivity index (χ3n) is 6.77. The number of nitrogens with zero attached hydrogens (tertiary/aromatic N) is 1. The van der Waals surface area contributed by atoms with Gasteiger partial charge >= 0.3 is 0 Å². The topological polar surface area (TPSA) is 32.3 Å². The summed E-state index contributed by atoms with van der Waals surface area (Å²) >= 11 is 0. The Kier molecular flexibility index (Phi) is 1.77. The number of hydrogen-bond donors (Lipinski definition) is 1. The van der Waals surface area contributed by atoms with Gasteiger partial charge in [0.15, 0.2) is 0 Å². The number of carbonyl (C=O) groups excluding carboxylic acids is 1. The van der Waals surface area contributed by atoms with Gasteiger partial charge in [-0.2, -0.15) is 0 Å². The maximum absolute atomic E-state index is 12.7. The SMILES string of the molecule is O=C1N(C2C3C4CCC(C4)C32)CNC12CCCC2. The van der Waals surface area contributed by atoms with E-state index in [4.69, 9.17) is 0 Å². The van der Waals surface area contributed by atoms with Crippen molar-refractivity contribution < 1.29 is 4.79 Å². The van der Waals surface area contributed by atoms with Crippen molar-refractivity contribution in [3.8, 4) is 0 Å². The lowest BCUT2D eigenvalue weighted by Gasteiger charge is -2.23. The van der Waals surface area contributed by atoms with Gasteiger partial charge in [-0.25, -0.2) is 0 Å². The van der Waals surface area contributed by atoms with E-state index in [0.29, 0.717) is 11.9 Å². The van der Waals surface area contributed by atoms with Crippen LogP contribution < -0.4 is 5.32 Å². The molecule has 4 unspecified atom stereocenters. The molecule has 1 saturated heterocycles. The summed E-state index contributed by atoms with van der Waals surface area (Å²) in [5.74, 6) is 4.19. The molecule has 1 heterocycles. The van der Waals surface area contributed by atoms with Gasteiger partial charge in [-0.15, -0.1) is 0 Å². The second-order valence-electron chi connectivity index (χ2n) is 7.38. The lowest BCUT2D eigenvalue weighted by atomic mass is 9.97. The van der Waals surface area contributed by atoms with Crippen molar-refractivity contribution in [1.82, 2.24) is 10.2 Å². The van der Waals surface area contributed by atoms with Crippen molar-refractivity contribution in [1.29, 1.82) is 0 Å². The first kappa shape index (κ1) is 10.2. The minimum absolute atomic E-state index is 0.129. The summed E-state index contributed by atoms with van der Waals surface area (Å²) in [4.78, 5) is 15.0. The summed E-state index contributed by atoms with van der Waals surface area (Å²) in [6.45, 7) is 0.843. The Labute approximate surface area is 108 Å². The fraction of sp³-hybridized carbons (Fsp3) is 0.933. The van der Waals surface area contributed by atoms with Crippen molar-refractivity contribution >= 4 is 5.91 Å². The molecule has 0 radical (unpaired) electrons. The quantitative estimate of drug-likeness (QED) is 0.764. The Morgan fingerprint density at radius 1 is 1.11 bits per heavy atom. The molecule has 2 bridgehead atoms. The molecular formula is C15H22N2O. The molecule has 18 heavy (non-hydrogen) atoms. The number of amides is 1. The molecule has 1 N–H and O–H groups in total. The highest BCUT2D eigenvalue weighted by Crippen LogP contribution is 2.67. The van der Waals surface area contributed by atoms with Crippen LogP contribution in [-0.2, 0) is 4.79 Å².